The van der Waals surface area contributed by atoms with Gasteiger partial charge in [0.2, 0.25) is 11.8 Å². The van der Waals surface area contributed by atoms with E-state index >= 15 is 0 Å². The molecule has 3 aliphatic heterocycles. The van der Waals surface area contributed by atoms with E-state index in [1.165, 1.54) is 19.3 Å². The number of hydrogen-bond acceptors (Lipinski definition) is 4. The minimum Gasteiger partial charge on any atom is -0.341 e. The summed E-state index contributed by atoms with van der Waals surface area (Å²) in [6.45, 7) is 4.81. The fourth-order valence-corrected chi connectivity index (χ4v) is 4.51. The van der Waals surface area contributed by atoms with Crippen molar-refractivity contribution < 1.29 is 9.59 Å². The molecule has 1 spiro atoms. The van der Waals surface area contributed by atoms with E-state index in [-0.39, 0.29) is 17.2 Å². The van der Waals surface area contributed by atoms with Crippen LogP contribution in [0.5, 0.6) is 0 Å². The van der Waals surface area contributed by atoms with E-state index in [4.69, 9.17) is 0 Å². The Morgan fingerprint density at radius 2 is 2.00 bits per heavy atom. The lowest BCUT2D eigenvalue weighted by atomic mass is 9.86. The normalized spacial score (nSPS) is 27.6. The first kappa shape index (κ1) is 16.6. The minimum atomic E-state index is -0.0789. The average Bonchev–Trinajstić information content (AvgIpc) is 3.28. The molecule has 1 atom stereocenters. The number of piperidine rings is 1. The summed E-state index contributed by atoms with van der Waals surface area (Å²) < 4.78 is 1.72. The van der Waals surface area contributed by atoms with Crippen LogP contribution in [0.2, 0.25) is 0 Å². The van der Waals surface area contributed by atoms with E-state index in [1.54, 1.807) is 10.9 Å². The molecule has 0 aromatic carbocycles. The summed E-state index contributed by atoms with van der Waals surface area (Å²) in [4.78, 5) is 31.3. The third kappa shape index (κ3) is 3.29. The number of aryl methyl sites for hydroxylation is 1. The zero-order valence-electron chi connectivity index (χ0n) is 15.0. The first-order chi connectivity index (χ1) is 12.0. The molecule has 136 valence electrons. The van der Waals surface area contributed by atoms with Gasteiger partial charge in [-0.15, -0.1) is 0 Å². The Morgan fingerprint density at radius 1 is 1.20 bits per heavy atom. The molecule has 2 amide bonds. The summed E-state index contributed by atoms with van der Waals surface area (Å²) >= 11 is 0. The van der Waals surface area contributed by atoms with Crippen molar-refractivity contribution in [2.24, 2.45) is 12.5 Å². The van der Waals surface area contributed by atoms with Crippen molar-refractivity contribution in [2.45, 2.75) is 32.1 Å². The molecule has 1 aromatic heterocycles. The topological polar surface area (TPSA) is 61.7 Å². The summed E-state index contributed by atoms with van der Waals surface area (Å²) in [5.41, 5.74) is 0.785. The number of rotatable bonds is 3. The molecule has 0 bridgehead atoms. The van der Waals surface area contributed by atoms with Gasteiger partial charge in [-0.1, -0.05) is 6.42 Å². The maximum absolute atomic E-state index is 12.7. The van der Waals surface area contributed by atoms with Crippen molar-refractivity contribution in [3.8, 4) is 0 Å². The average molecular weight is 345 g/mol. The SMILES string of the molecule is Cn1cc(N2CC3(CCN(C(=O)CN4CCCCC4)C3)CC2=O)cn1. The lowest BCUT2D eigenvalue weighted by molar-refractivity contribution is -0.132. The Bertz CT molecular complexity index is 666. The number of carbonyl (C=O) groups is 2. The van der Waals surface area contributed by atoms with Crippen LogP contribution < -0.4 is 4.90 Å². The van der Waals surface area contributed by atoms with Gasteiger partial charge in [0.25, 0.3) is 0 Å². The van der Waals surface area contributed by atoms with Gasteiger partial charge in [0.1, 0.15) is 0 Å². The van der Waals surface area contributed by atoms with Crippen LogP contribution >= 0.6 is 0 Å². The third-order valence-corrected chi connectivity index (χ3v) is 5.92. The van der Waals surface area contributed by atoms with Gasteiger partial charge in [0.05, 0.1) is 18.4 Å². The molecule has 3 fully saturated rings. The molecule has 0 aliphatic carbocycles. The smallest absolute Gasteiger partial charge is 0.236 e. The largest absolute Gasteiger partial charge is 0.341 e. The Kier molecular flexibility index (Phi) is 4.27. The molecule has 3 saturated heterocycles. The predicted octanol–water partition coefficient (Wildman–Crippen LogP) is 0.861. The van der Waals surface area contributed by atoms with Crippen molar-refractivity contribution in [3.05, 3.63) is 12.4 Å². The number of likely N-dealkylation sites (tertiary alicyclic amines) is 2. The van der Waals surface area contributed by atoms with Crippen LogP contribution in [0.4, 0.5) is 5.69 Å². The maximum atomic E-state index is 12.7. The minimum absolute atomic E-state index is 0.0789. The highest BCUT2D eigenvalue weighted by Crippen LogP contribution is 2.41. The number of carbonyl (C=O) groups excluding carboxylic acids is 2. The van der Waals surface area contributed by atoms with Crippen LogP contribution in [0.25, 0.3) is 0 Å². The van der Waals surface area contributed by atoms with E-state index in [2.05, 4.69) is 10.00 Å². The van der Waals surface area contributed by atoms with Crippen LogP contribution in [-0.4, -0.2) is 70.7 Å². The molecule has 4 rings (SSSR count). The highest BCUT2D eigenvalue weighted by atomic mass is 16.2. The first-order valence-corrected chi connectivity index (χ1v) is 9.34. The number of hydrogen-bond donors (Lipinski definition) is 0. The van der Waals surface area contributed by atoms with Crippen LogP contribution in [0, 0.1) is 5.41 Å². The van der Waals surface area contributed by atoms with Crippen molar-refractivity contribution in [3.63, 3.8) is 0 Å². The Hall–Kier alpha value is -1.89. The Morgan fingerprint density at radius 3 is 2.72 bits per heavy atom. The Labute approximate surface area is 148 Å². The monoisotopic (exact) mass is 345 g/mol. The summed E-state index contributed by atoms with van der Waals surface area (Å²) in [6, 6.07) is 0. The second kappa shape index (κ2) is 6.44. The maximum Gasteiger partial charge on any atom is 0.236 e. The summed E-state index contributed by atoms with van der Waals surface area (Å²) in [5.74, 6) is 0.379. The van der Waals surface area contributed by atoms with Crippen molar-refractivity contribution in [1.29, 1.82) is 0 Å². The molecule has 0 radical (unpaired) electrons. The predicted molar refractivity (Wildman–Crippen MR) is 94.1 cm³/mol. The second-order valence-electron chi connectivity index (χ2n) is 7.93. The number of aromatic nitrogens is 2. The van der Waals surface area contributed by atoms with E-state index in [9.17, 15) is 9.59 Å². The molecule has 1 aromatic rings. The highest BCUT2D eigenvalue weighted by Gasteiger charge is 2.49. The lowest BCUT2D eigenvalue weighted by Crippen LogP contribution is -2.42. The zero-order valence-corrected chi connectivity index (χ0v) is 15.0. The molecule has 25 heavy (non-hydrogen) atoms. The van der Waals surface area contributed by atoms with Crippen LogP contribution in [0.1, 0.15) is 32.1 Å². The van der Waals surface area contributed by atoms with Crippen molar-refractivity contribution in [2.75, 3.05) is 44.2 Å². The number of nitrogens with zero attached hydrogens (tertiary/aromatic N) is 5. The molecule has 4 heterocycles. The van der Waals surface area contributed by atoms with E-state index in [0.717, 1.165) is 31.7 Å². The van der Waals surface area contributed by atoms with E-state index in [1.807, 2.05) is 23.0 Å². The molecular weight excluding hydrogens is 318 g/mol. The second-order valence-corrected chi connectivity index (χ2v) is 7.93. The summed E-state index contributed by atoms with van der Waals surface area (Å²) in [5, 5.41) is 4.17. The summed E-state index contributed by atoms with van der Waals surface area (Å²) in [6.07, 6.45) is 8.76. The lowest BCUT2D eigenvalue weighted by Gasteiger charge is -2.28. The Balaban J connectivity index is 1.38. The molecule has 1 unspecified atom stereocenters. The van der Waals surface area contributed by atoms with E-state index in [0.29, 0.717) is 26.1 Å². The molecular formula is C18H27N5O2. The highest BCUT2D eigenvalue weighted by molar-refractivity contribution is 5.96. The fraction of sp³-hybridized carbons (Fsp3) is 0.722. The molecule has 7 nitrogen and oxygen atoms in total. The van der Waals surface area contributed by atoms with Gasteiger partial charge >= 0.3 is 0 Å². The van der Waals surface area contributed by atoms with Crippen LogP contribution in [-0.2, 0) is 16.6 Å². The fourth-order valence-electron chi connectivity index (χ4n) is 4.51. The summed E-state index contributed by atoms with van der Waals surface area (Å²) in [7, 11) is 1.86. The number of amides is 2. The first-order valence-electron chi connectivity index (χ1n) is 9.34. The standard InChI is InChI=1S/C18H27N5O2/c1-20-11-15(10-19-20)23-14-18(9-16(23)24)5-8-22(13-18)17(25)12-21-6-3-2-4-7-21/h10-11H,2-9,12-14H2,1H3. The molecule has 7 heteroatoms. The van der Waals surface area contributed by atoms with Crippen LogP contribution in [0.15, 0.2) is 12.4 Å². The van der Waals surface area contributed by atoms with Crippen LogP contribution in [0.3, 0.4) is 0 Å². The molecule has 0 N–H and O–H groups in total. The molecule has 3 aliphatic rings. The van der Waals surface area contributed by atoms with Gasteiger partial charge in [-0.25, -0.2) is 0 Å². The van der Waals surface area contributed by atoms with Gasteiger partial charge in [0, 0.05) is 44.7 Å². The van der Waals surface area contributed by atoms with Gasteiger partial charge in [0.15, 0.2) is 0 Å². The quantitative estimate of drug-likeness (QED) is 0.815. The van der Waals surface area contributed by atoms with Gasteiger partial charge in [-0.3, -0.25) is 19.2 Å². The van der Waals surface area contributed by atoms with E-state index < -0.39 is 0 Å². The van der Waals surface area contributed by atoms with Crippen molar-refractivity contribution in [1.82, 2.24) is 19.6 Å². The van der Waals surface area contributed by atoms with Gasteiger partial charge < -0.3 is 9.80 Å². The number of anilines is 1. The third-order valence-electron chi connectivity index (χ3n) is 5.92. The molecule has 0 saturated carbocycles. The van der Waals surface area contributed by atoms with Crippen molar-refractivity contribution >= 4 is 17.5 Å². The van der Waals surface area contributed by atoms with Gasteiger partial charge in [-0.05, 0) is 32.4 Å². The van der Waals surface area contributed by atoms with Gasteiger partial charge in [-0.2, -0.15) is 5.10 Å². The zero-order chi connectivity index (χ0) is 17.4.